The Kier molecular flexibility index (Phi) is 1.10. The number of aromatic nitrogens is 2. The van der Waals surface area contributed by atoms with Gasteiger partial charge >= 0.3 is 6.18 Å². The number of aliphatic hydroxyl groups is 1. The molecule has 0 aliphatic heterocycles. The minimum absolute atomic E-state index is 0.0551. The van der Waals surface area contributed by atoms with Gasteiger partial charge in [-0.2, -0.15) is 13.2 Å². The van der Waals surface area contributed by atoms with E-state index in [1.807, 2.05) is 0 Å². The Morgan fingerprint density at radius 1 is 1.16 bits per heavy atom. The van der Waals surface area contributed by atoms with Crippen LogP contribution in [0.3, 0.4) is 0 Å². The van der Waals surface area contributed by atoms with E-state index in [9.17, 15) is 18.3 Å². The van der Waals surface area contributed by atoms with Gasteiger partial charge in [0.1, 0.15) is 11.5 Å². The Morgan fingerprint density at radius 2 is 1.74 bits per heavy atom. The van der Waals surface area contributed by atoms with E-state index in [0.717, 1.165) is 6.20 Å². The maximum atomic E-state index is 12.6. The fourth-order valence-corrected chi connectivity index (χ4v) is 7.23. The Labute approximate surface area is 106 Å². The third-order valence-corrected chi connectivity index (χ3v) is 7.40. The Bertz CT molecular complexity index is 595. The summed E-state index contributed by atoms with van der Waals surface area (Å²) in [7, 11) is 0. The third kappa shape index (κ3) is 0.552. The van der Waals surface area contributed by atoms with E-state index < -0.39 is 11.9 Å². The second kappa shape index (κ2) is 2.14. The number of halogens is 3. The lowest BCUT2D eigenvalue weighted by Gasteiger charge is -3.11. The summed E-state index contributed by atoms with van der Waals surface area (Å²) in [5.41, 5.74) is -0.588. The number of aromatic amines is 1. The van der Waals surface area contributed by atoms with Crippen molar-refractivity contribution in [3.8, 4) is 0 Å². The SMILES string of the molecule is OCC12C3C4C1C1C2C3C41c1ncc(C(F)(F)F)[nH]1. The monoisotopic (exact) mass is 268 g/mol. The molecule has 0 unspecified atom stereocenters. The number of hydrogen-bond acceptors (Lipinski definition) is 2. The molecule has 0 bridgehead atoms. The highest BCUT2D eigenvalue weighted by atomic mass is 19.4. The van der Waals surface area contributed by atoms with Gasteiger partial charge < -0.3 is 10.1 Å². The third-order valence-electron chi connectivity index (χ3n) is 7.40. The van der Waals surface area contributed by atoms with E-state index in [1.54, 1.807) is 0 Å². The zero-order chi connectivity index (χ0) is 12.9. The lowest BCUT2D eigenvalue weighted by Crippen LogP contribution is -3.11. The second-order valence-corrected chi connectivity index (χ2v) is 7.00. The van der Waals surface area contributed by atoms with Crippen LogP contribution in [0.15, 0.2) is 6.20 Å². The van der Waals surface area contributed by atoms with Crippen molar-refractivity contribution in [2.45, 2.75) is 11.6 Å². The van der Waals surface area contributed by atoms with Gasteiger partial charge in [0.25, 0.3) is 0 Å². The minimum Gasteiger partial charge on any atom is -0.396 e. The first-order chi connectivity index (χ1) is 9.00. The van der Waals surface area contributed by atoms with Crippen LogP contribution in [-0.4, -0.2) is 21.7 Å². The lowest BCUT2D eigenvalue weighted by atomic mass is 8.92. The topological polar surface area (TPSA) is 48.9 Å². The molecule has 6 fully saturated rings. The van der Waals surface area contributed by atoms with Crippen molar-refractivity contribution in [1.82, 2.24) is 9.97 Å². The van der Waals surface area contributed by atoms with Crippen molar-refractivity contribution >= 4 is 0 Å². The van der Waals surface area contributed by atoms with Gasteiger partial charge in [-0.05, 0) is 35.5 Å². The van der Waals surface area contributed by atoms with Crippen LogP contribution in [0.5, 0.6) is 0 Å². The molecule has 6 aliphatic carbocycles. The largest absolute Gasteiger partial charge is 0.432 e. The number of alkyl halides is 3. The van der Waals surface area contributed by atoms with Crippen LogP contribution in [0.1, 0.15) is 11.5 Å². The van der Waals surface area contributed by atoms with Crippen LogP contribution >= 0.6 is 0 Å². The summed E-state index contributed by atoms with van der Waals surface area (Å²) in [4.78, 5) is 6.56. The molecule has 7 rings (SSSR count). The predicted molar refractivity (Wildman–Crippen MR) is 55.7 cm³/mol. The molecule has 2 N–H and O–H groups in total. The van der Waals surface area contributed by atoms with Crippen LogP contribution < -0.4 is 0 Å². The molecule has 3 nitrogen and oxygen atoms in total. The lowest BCUT2D eigenvalue weighted by molar-refractivity contribution is -0.632. The molecule has 1 aromatic heterocycles. The molecule has 0 radical (unpaired) electrons. The number of nitrogens with zero attached hydrogens (tertiary/aromatic N) is 1. The van der Waals surface area contributed by atoms with Gasteiger partial charge in [0, 0.05) is 17.4 Å². The number of rotatable bonds is 2. The molecule has 6 heteroatoms. The normalized spacial score (nSPS) is 61.3. The molecule has 0 atom stereocenters. The van der Waals surface area contributed by atoms with Gasteiger partial charge in [-0.15, -0.1) is 0 Å². The van der Waals surface area contributed by atoms with Crippen molar-refractivity contribution in [1.29, 1.82) is 0 Å². The Balaban J connectivity index is 1.41. The first-order valence-corrected chi connectivity index (χ1v) is 6.74. The van der Waals surface area contributed by atoms with Crippen molar-refractivity contribution < 1.29 is 18.3 Å². The van der Waals surface area contributed by atoms with E-state index in [2.05, 4.69) is 9.97 Å². The zero-order valence-electron chi connectivity index (χ0n) is 9.78. The molecule has 6 aliphatic rings. The van der Waals surface area contributed by atoms with Crippen LogP contribution in [0, 0.1) is 40.9 Å². The molecule has 0 amide bonds. The van der Waals surface area contributed by atoms with Gasteiger partial charge in [0.2, 0.25) is 0 Å². The van der Waals surface area contributed by atoms with Gasteiger partial charge in [0.05, 0.1) is 6.20 Å². The Hall–Kier alpha value is -1.04. The summed E-state index contributed by atoms with van der Waals surface area (Å²) in [5, 5.41) is 9.51. The highest BCUT2D eigenvalue weighted by Crippen LogP contribution is 3.09. The molecular weight excluding hydrogens is 257 g/mol. The van der Waals surface area contributed by atoms with Gasteiger partial charge in [-0.25, -0.2) is 4.98 Å². The van der Waals surface area contributed by atoms with Crippen LogP contribution in [0.2, 0.25) is 0 Å². The van der Waals surface area contributed by atoms with Gasteiger partial charge in [0.15, 0.2) is 0 Å². The second-order valence-electron chi connectivity index (χ2n) is 7.00. The maximum Gasteiger partial charge on any atom is 0.432 e. The Morgan fingerprint density at radius 3 is 2.16 bits per heavy atom. The average molecular weight is 268 g/mol. The van der Waals surface area contributed by atoms with Crippen molar-refractivity contribution in [2.75, 3.05) is 6.61 Å². The average Bonchev–Trinajstić information content (AvgIpc) is 2.87. The van der Waals surface area contributed by atoms with Gasteiger partial charge in [-0.1, -0.05) is 0 Å². The molecular formula is C13H11F3N2O. The highest BCUT2D eigenvalue weighted by Gasteiger charge is 3.10. The first kappa shape index (κ1) is 9.80. The highest BCUT2D eigenvalue weighted by molar-refractivity contribution is 5.61. The van der Waals surface area contributed by atoms with Crippen LogP contribution in [0.25, 0.3) is 0 Å². The molecule has 0 saturated heterocycles. The standard InChI is InChI=1S/C13H11F3N2O/c14-13(15,16)3-1-17-10(18-3)12-7-4-8(12)6-9(12)5(7)11(4,6)2-19/h1,4-9,19H,2H2,(H,17,18). The number of imidazole rings is 1. The van der Waals surface area contributed by atoms with Crippen LogP contribution in [-0.2, 0) is 11.6 Å². The summed E-state index contributed by atoms with van der Waals surface area (Å²) >= 11 is 0. The van der Waals surface area contributed by atoms with Crippen LogP contribution in [0.4, 0.5) is 13.2 Å². The van der Waals surface area contributed by atoms with E-state index in [-0.39, 0.29) is 17.4 Å². The first-order valence-electron chi connectivity index (χ1n) is 6.74. The fraction of sp³-hybridized carbons (Fsp3) is 0.769. The summed E-state index contributed by atoms with van der Waals surface area (Å²) < 4.78 is 37.9. The van der Waals surface area contributed by atoms with E-state index in [4.69, 9.17) is 0 Å². The summed E-state index contributed by atoms with van der Waals surface area (Å²) in [6.45, 7) is 0.276. The fourth-order valence-electron chi connectivity index (χ4n) is 7.23. The van der Waals surface area contributed by atoms with E-state index in [1.165, 1.54) is 0 Å². The number of aliphatic hydroxyl groups excluding tert-OH is 1. The molecule has 0 aromatic carbocycles. The van der Waals surface area contributed by atoms with E-state index in [0.29, 0.717) is 41.3 Å². The minimum atomic E-state index is -4.34. The predicted octanol–water partition coefficient (Wildman–Crippen LogP) is 1.41. The number of hydrogen-bond donors (Lipinski definition) is 2. The molecule has 100 valence electrons. The van der Waals surface area contributed by atoms with Gasteiger partial charge in [-0.3, -0.25) is 0 Å². The molecule has 0 spiro atoms. The molecule has 6 saturated carbocycles. The summed E-state index contributed by atoms with van der Waals surface area (Å²) in [6.07, 6.45) is -3.41. The van der Waals surface area contributed by atoms with Crippen molar-refractivity contribution in [3.05, 3.63) is 17.7 Å². The zero-order valence-corrected chi connectivity index (χ0v) is 9.78. The molecule has 19 heavy (non-hydrogen) atoms. The number of H-pyrrole nitrogens is 1. The number of nitrogens with one attached hydrogen (secondary N) is 1. The summed E-state index contributed by atoms with van der Waals surface area (Å²) in [5.74, 6) is 3.83. The maximum absolute atomic E-state index is 12.6. The van der Waals surface area contributed by atoms with E-state index >= 15 is 0 Å². The quantitative estimate of drug-likeness (QED) is 0.852. The molecule has 1 heterocycles. The smallest absolute Gasteiger partial charge is 0.396 e. The van der Waals surface area contributed by atoms with Crippen molar-refractivity contribution in [2.24, 2.45) is 40.9 Å². The summed E-state index contributed by atoms with van der Waals surface area (Å²) in [6, 6.07) is 0. The molecule has 1 aromatic rings. The van der Waals surface area contributed by atoms with Crippen molar-refractivity contribution in [3.63, 3.8) is 0 Å².